The zero-order chi connectivity index (χ0) is 22.1. The predicted molar refractivity (Wildman–Crippen MR) is 125 cm³/mol. The monoisotopic (exact) mass is 433 g/mol. The number of aromatic nitrogens is 2. The number of carbonyl (C=O) groups is 1. The number of aryl methyl sites for hydroxylation is 1. The predicted octanol–water partition coefficient (Wildman–Crippen LogP) is 3.32. The highest BCUT2D eigenvalue weighted by atomic mass is 16.5. The van der Waals surface area contributed by atoms with E-state index in [0.717, 1.165) is 67.0 Å². The molecule has 2 unspecified atom stereocenters. The van der Waals surface area contributed by atoms with Gasteiger partial charge in [0.1, 0.15) is 17.1 Å². The molecule has 5 rings (SSSR count). The number of hydrogen-bond donors (Lipinski definition) is 3. The van der Waals surface area contributed by atoms with Crippen molar-refractivity contribution in [2.45, 2.75) is 44.2 Å². The molecule has 2 atom stereocenters. The number of ether oxygens (including phenoxy) is 1. The van der Waals surface area contributed by atoms with E-state index in [2.05, 4.69) is 44.7 Å². The van der Waals surface area contributed by atoms with Crippen LogP contribution in [-0.4, -0.2) is 59.5 Å². The summed E-state index contributed by atoms with van der Waals surface area (Å²) in [6.07, 6.45) is 6.69. The molecule has 1 amide bonds. The number of benzene rings is 1. The van der Waals surface area contributed by atoms with Crippen LogP contribution in [-0.2, 0) is 4.79 Å². The number of likely N-dealkylation sites (tertiary alicyclic amines) is 1. The van der Waals surface area contributed by atoms with Crippen molar-refractivity contribution >= 4 is 16.9 Å². The van der Waals surface area contributed by atoms with Crippen LogP contribution in [0.25, 0.3) is 11.0 Å². The molecule has 0 spiro atoms. The lowest BCUT2D eigenvalue weighted by molar-refractivity contribution is -0.124. The summed E-state index contributed by atoms with van der Waals surface area (Å²) in [5.74, 6) is 1.87. The molecule has 168 valence electrons. The fourth-order valence-electron chi connectivity index (χ4n) is 4.96. The standard InChI is InChI=1S/C25H31N5O2/c1-16-15-28-24-22(16)21(8-12-27-24)32-19-5-3-17(4-6-19)20-7-11-26-23(20)25(31)29-18-9-13-30(2)14-10-18/h3-6,8,12,15,18,20,23,26H,7,9-11,13-14H2,1-2H3,(H,27,28)(H,29,31). The molecule has 0 radical (unpaired) electrons. The third kappa shape index (κ3) is 4.23. The number of carbonyl (C=O) groups excluding carboxylic acids is 1. The molecule has 0 aliphatic carbocycles. The molecule has 2 aromatic heterocycles. The highest BCUT2D eigenvalue weighted by molar-refractivity contribution is 5.86. The Kier molecular flexibility index (Phi) is 5.85. The van der Waals surface area contributed by atoms with E-state index in [1.54, 1.807) is 6.20 Å². The number of nitrogens with one attached hydrogen (secondary N) is 3. The van der Waals surface area contributed by atoms with E-state index >= 15 is 0 Å². The Morgan fingerprint density at radius 3 is 2.72 bits per heavy atom. The topological polar surface area (TPSA) is 82.3 Å². The third-order valence-electron chi connectivity index (χ3n) is 6.84. The minimum atomic E-state index is -0.177. The van der Waals surface area contributed by atoms with Gasteiger partial charge in [-0.15, -0.1) is 0 Å². The molecule has 0 saturated carbocycles. The maximum Gasteiger partial charge on any atom is 0.237 e. The number of fused-ring (bicyclic) bond motifs is 1. The molecule has 2 aliphatic heterocycles. The summed E-state index contributed by atoms with van der Waals surface area (Å²) in [5, 5.41) is 7.70. The first-order valence-corrected chi connectivity index (χ1v) is 11.5. The molecule has 4 heterocycles. The van der Waals surface area contributed by atoms with Gasteiger partial charge in [0.2, 0.25) is 5.91 Å². The van der Waals surface area contributed by atoms with Crippen LogP contribution in [0.3, 0.4) is 0 Å². The molecule has 3 N–H and O–H groups in total. The van der Waals surface area contributed by atoms with Crippen molar-refractivity contribution in [2.24, 2.45) is 0 Å². The van der Waals surface area contributed by atoms with Gasteiger partial charge in [-0.25, -0.2) is 4.98 Å². The van der Waals surface area contributed by atoms with Crippen LogP contribution < -0.4 is 15.4 Å². The van der Waals surface area contributed by atoms with Crippen molar-refractivity contribution in [3.63, 3.8) is 0 Å². The van der Waals surface area contributed by atoms with Gasteiger partial charge in [-0.05, 0) is 82.2 Å². The molecule has 0 bridgehead atoms. The zero-order valence-electron chi connectivity index (χ0n) is 18.7. The number of nitrogens with zero attached hydrogens (tertiary/aromatic N) is 2. The Balaban J connectivity index is 1.26. The molecule has 2 fully saturated rings. The van der Waals surface area contributed by atoms with E-state index in [4.69, 9.17) is 4.74 Å². The average molecular weight is 434 g/mol. The van der Waals surface area contributed by atoms with Crippen molar-refractivity contribution in [1.29, 1.82) is 0 Å². The van der Waals surface area contributed by atoms with E-state index in [9.17, 15) is 4.79 Å². The lowest BCUT2D eigenvalue weighted by Crippen LogP contribution is -2.50. The van der Waals surface area contributed by atoms with Gasteiger partial charge in [-0.1, -0.05) is 12.1 Å². The van der Waals surface area contributed by atoms with Gasteiger partial charge in [-0.2, -0.15) is 0 Å². The molecule has 7 nitrogen and oxygen atoms in total. The smallest absolute Gasteiger partial charge is 0.237 e. The maximum absolute atomic E-state index is 13.0. The number of aromatic amines is 1. The van der Waals surface area contributed by atoms with Crippen molar-refractivity contribution in [2.75, 3.05) is 26.7 Å². The van der Waals surface area contributed by atoms with Gasteiger partial charge in [0.25, 0.3) is 0 Å². The fourth-order valence-corrected chi connectivity index (χ4v) is 4.96. The molecule has 2 saturated heterocycles. The van der Waals surface area contributed by atoms with Gasteiger partial charge in [0, 0.05) is 24.4 Å². The largest absolute Gasteiger partial charge is 0.457 e. The van der Waals surface area contributed by atoms with Crippen LogP contribution in [0.15, 0.2) is 42.7 Å². The number of pyridine rings is 1. The van der Waals surface area contributed by atoms with Crippen LogP contribution in [0.2, 0.25) is 0 Å². The third-order valence-corrected chi connectivity index (χ3v) is 6.84. The Morgan fingerprint density at radius 1 is 1.16 bits per heavy atom. The van der Waals surface area contributed by atoms with E-state index in [0.29, 0.717) is 0 Å². The summed E-state index contributed by atoms with van der Waals surface area (Å²) >= 11 is 0. The van der Waals surface area contributed by atoms with Crippen LogP contribution in [0.4, 0.5) is 0 Å². The Labute approximate surface area is 188 Å². The molecule has 1 aromatic carbocycles. The molecule has 7 heteroatoms. The van der Waals surface area contributed by atoms with Crippen molar-refractivity contribution in [1.82, 2.24) is 25.5 Å². The summed E-state index contributed by atoms with van der Waals surface area (Å²) in [6.45, 7) is 4.98. The number of rotatable bonds is 5. The van der Waals surface area contributed by atoms with Crippen molar-refractivity contribution < 1.29 is 9.53 Å². The summed E-state index contributed by atoms with van der Waals surface area (Å²) in [4.78, 5) is 22.8. The molecule has 32 heavy (non-hydrogen) atoms. The van der Waals surface area contributed by atoms with Gasteiger partial charge < -0.3 is 25.3 Å². The number of hydrogen-bond acceptors (Lipinski definition) is 5. The Hall–Kier alpha value is -2.90. The van der Waals surface area contributed by atoms with Crippen LogP contribution in [0.5, 0.6) is 11.5 Å². The Morgan fingerprint density at radius 2 is 1.94 bits per heavy atom. The van der Waals surface area contributed by atoms with Crippen LogP contribution >= 0.6 is 0 Å². The van der Waals surface area contributed by atoms with E-state index < -0.39 is 0 Å². The van der Waals surface area contributed by atoms with Gasteiger partial charge in [0.05, 0.1) is 11.4 Å². The van der Waals surface area contributed by atoms with Gasteiger partial charge in [0.15, 0.2) is 0 Å². The first-order chi connectivity index (χ1) is 15.6. The average Bonchev–Trinajstić information content (AvgIpc) is 3.44. The maximum atomic E-state index is 13.0. The summed E-state index contributed by atoms with van der Waals surface area (Å²) < 4.78 is 6.17. The first-order valence-electron chi connectivity index (χ1n) is 11.5. The highest BCUT2D eigenvalue weighted by Gasteiger charge is 2.35. The Bertz CT molecular complexity index is 1090. The number of H-pyrrole nitrogens is 1. The second-order valence-corrected chi connectivity index (χ2v) is 9.09. The van der Waals surface area contributed by atoms with E-state index in [1.807, 2.05) is 31.3 Å². The van der Waals surface area contributed by atoms with E-state index in [1.165, 1.54) is 5.56 Å². The number of piperidine rings is 1. The summed E-state index contributed by atoms with van der Waals surface area (Å²) in [7, 11) is 2.14. The fraction of sp³-hybridized carbons (Fsp3) is 0.440. The molecular weight excluding hydrogens is 402 g/mol. The highest BCUT2D eigenvalue weighted by Crippen LogP contribution is 2.33. The van der Waals surface area contributed by atoms with E-state index in [-0.39, 0.29) is 23.9 Å². The van der Waals surface area contributed by atoms with Gasteiger partial charge in [-0.3, -0.25) is 4.79 Å². The second kappa shape index (κ2) is 8.92. The van der Waals surface area contributed by atoms with Gasteiger partial charge >= 0.3 is 0 Å². The summed E-state index contributed by atoms with van der Waals surface area (Å²) in [6, 6.07) is 10.2. The quantitative estimate of drug-likeness (QED) is 0.575. The minimum Gasteiger partial charge on any atom is -0.457 e. The zero-order valence-corrected chi connectivity index (χ0v) is 18.7. The van der Waals surface area contributed by atoms with Crippen molar-refractivity contribution in [3.05, 3.63) is 53.9 Å². The van der Waals surface area contributed by atoms with Crippen molar-refractivity contribution in [3.8, 4) is 11.5 Å². The lowest BCUT2D eigenvalue weighted by atomic mass is 9.91. The summed E-state index contributed by atoms with van der Waals surface area (Å²) in [5.41, 5.74) is 3.10. The molecule has 2 aliphatic rings. The SMILES string of the molecule is Cc1c[nH]c2nccc(Oc3ccc(C4CCNC4C(=O)NC4CCN(C)CC4)cc3)c12. The van der Waals surface area contributed by atoms with Crippen LogP contribution in [0.1, 0.15) is 36.3 Å². The molecular formula is C25H31N5O2. The lowest BCUT2D eigenvalue weighted by Gasteiger charge is -2.31. The normalized spacial score (nSPS) is 22.3. The molecule has 3 aromatic rings. The van der Waals surface area contributed by atoms with Crippen LogP contribution in [0, 0.1) is 6.92 Å². The number of amides is 1. The first kappa shape index (κ1) is 21.0. The minimum absolute atomic E-state index is 0.129. The second-order valence-electron chi connectivity index (χ2n) is 9.09.